The number of fused-ring (bicyclic) bond motifs is 16. The predicted octanol–water partition coefficient (Wildman–Crippen LogP) is 19.0. The molecule has 0 radical (unpaired) electrons. The van der Waals surface area contributed by atoms with Crippen molar-refractivity contribution in [3.05, 3.63) is 317 Å². The van der Waals surface area contributed by atoms with Crippen LogP contribution in [0.3, 0.4) is 0 Å². The molecule has 0 saturated carbocycles. The van der Waals surface area contributed by atoms with Gasteiger partial charge in [-0.05, 0) is 111 Å². The number of nitrogens with zero attached hydrogens (tertiary/aromatic N) is 5. The summed E-state index contributed by atoms with van der Waals surface area (Å²) in [5, 5.41) is 31.6. The van der Waals surface area contributed by atoms with Gasteiger partial charge < -0.3 is 13.7 Å². The molecule has 5 nitrogen and oxygen atoms in total. The van der Waals surface area contributed by atoms with Crippen molar-refractivity contribution in [3.8, 4) is 51.5 Å². The maximum absolute atomic E-state index is 12.6. The molecule has 0 spiro atoms. The van der Waals surface area contributed by atoms with Crippen LogP contribution in [0, 0.1) is 22.7 Å². The Morgan fingerprint density at radius 2 is 0.821 bits per heavy atom. The minimum Gasteiger partial charge on any atom is -0.307 e. The van der Waals surface area contributed by atoms with Crippen LogP contribution in [-0.2, 0) is 18.3 Å². The summed E-state index contributed by atoms with van der Waals surface area (Å²) in [7, 11) is 0. The number of aromatic nitrogens is 3. The first-order valence-corrected chi connectivity index (χ1v) is 29.1. The van der Waals surface area contributed by atoms with Crippen molar-refractivity contribution in [3.63, 3.8) is 0 Å². The van der Waals surface area contributed by atoms with Crippen LogP contribution < -0.4 is 0 Å². The summed E-state index contributed by atoms with van der Waals surface area (Å²) in [5.74, 6) is 0.140. The summed E-state index contributed by atoms with van der Waals surface area (Å²) in [6.45, 7) is 0. The molecule has 5 heteroatoms. The van der Waals surface area contributed by atoms with E-state index in [1.165, 1.54) is 27.8 Å². The first-order chi connectivity index (χ1) is 41.7. The molecular formula is C79H51N5. The molecule has 0 aliphatic heterocycles. The molecule has 3 aromatic heterocycles. The number of benzene rings is 12. The molecule has 0 saturated heterocycles. The van der Waals surface area contributed by atoms with Crippen molar-refractivity contribution in [1.82, 2.24) is 13.7 Å². The van der Waals surface area contributed by atoms with E-state index in [0.29, 0.717) is 23.2 Å². The molecule has 0 amide bonds. The zero-order valence-corrected chi connectivity index (χ0v) is 45.8. The Balaban J connectivity index is 1.10. The van der Waals surface area contributed by atoms with Crippen molar-refractivity contribution in [1.29, 1.82) is 10.5 Å². The van der Waals surface area contributed by atoms with Gasteiger partial charge in [0.1, 0.15) is 12.1 Å². The quantitative estimate of drug-likeness (QED) is 0.152. The highest BCUT2D eigenvalue weighted by atomic mass is 15.1. The van der Waals surface area contributed by atoms with E-state index in [9.17, 15) is 10.5 Å². The minimum atomic E-state index is -0.817. The fourth-order valence-corrected chi connectivity index (χ4v) is 15.5. The van der Waals surface area contributed by atoms with E-state index < -0.39 is 5.41 Å². The Bertz CT molecular complexity index is 5180. The average Bonchev–Trinajstić information content (AvgIpc) is 1.94. The van der Waals surface area contributed by atoms with Crippen LogP contribution in [0.4, 0.5) is 0 Å². The molecule has 0 unspecified atom stereocenters. The molecule has 1 atom stereocenters. The molecule has 2 aliphatic carbocycles. The molecule has 0 fully saturated rings. The van der Waals surface area contributed by atoms with Gasteiger partial charge >= 0.3 is 0 Å². The molecule has 12 aromatic carbocycles. The lowest BCUT2D eigenvalue weighted by Gasteiger charge is -2.35. The zero-order chi connectivity index (χ0) is 55.6. The summed E-state index contributed by atoms with van der Waals surface area (Å²) >= 11 is 0. The number of para-hydroxylation sites is 5. The number of rotatable bonds is 8. The summed E-state index contributed by atoms with van der Waals surface area (Å²) in [5.41, 5.74) is 21.1. The number of nitriles is 2. The van der Waals surface area contributed by atoms with Crippen LogP contribution in [-0.4, -0.2) is 13.7 Å². The third-order valence-corrected chi connectivity index (χ3v) is 18.7. The molecule has 84 heavy (non-hydrogen) atoms. The molecule has 15 aromatic rings. The van der Waals surface area contributed by atoms with E-state index in [2.05, 4.69) is 293 Å². The molecule has 17 rings (SSSR count). The minimum absolute atomic E-state index is 0.140. The predicted molar refractivity (Wildman–Crippen MR) is 343 cm³/mol. The first kappa shape index (κ1) is 47.8. The lowest BCUT2D eigenvalue weighted by molar-refractivity contribution is 0.614. The van der Waals surface area contributed by atoms with Crippen molar-refractivity contribution < 1.29 is 0 Å². The van der Waals surface area contributed by atoms with Gasteiger partial charge in [-0.3, -0.25) is 0 Å². The van der Waals surface area contributed by atoms with Gasteiger partial charge in [-0.25, -0.2) is 0 Å². The highest BCUT2D eigenvalue weighted by molar-refractivity contribution is 6.16. The monoisotopic (exact) mass is 1070 g/mol. The smallest absolute Gasteiger partial charge is 0.103 e. The molecular weight excluding hydrogens is 1020 g/mol. The second kappa shape index (κ2) is 18.5. The molecule has 0 N–H and O–H groups in total. The Kier molecular flexibility index (Phi) is 10.5. The van der Waals surface area contributed by atoms with Gasteiger partial charge in [0.25, 0.3) is 0 Å². The van der Waals surface area contributed by atoms with Gasteiger partial charge in [0.15, 0.2) is 0 Å². The van der Waals surface area contributed by atoms with E-state index >= 15 is 0 Å². The number of hydrogen-bond acceptors (Lipinski definition) is 2. The van der Waals surface area contributed by atoms with Gasteiger partial charge in [0, 0.05) is 37.9 Å². The summed E-state index contributed by atoms with van der Waals surface area (Å²) in [6, 6.07) is 102. The topological polar surface area (TPSA) is 62.4 Å². The Morgan fingerprint density at radius 1 is 0.369 bits per heavy atom. The van der Waals surface area contributed by atoms with Crippen molar-refractivity contribution in [2.45, 2.75) is 30.6 Å². The molecule has 392 valence electrons. The second-order valence-corrected chi connectivity index (χ2v) is 22.7. The van der Waals surface area contributed by atoms with Crippen LogP contribution in [0.15, 0.2) is 267 Å². The SMILES string of the molecule is N#Cc1c(C#N)c(-n2c3ccccc3c3ccc4c(c32)C(c2ccccc2)(c2ccccc2)c2ccccc2-4)c(-n2c3ccccc3c3ccccc32)c(-n2c3ccccc3c3ccccc32)c1CC[C@H]1Cc2ccccc2-c2ccccc21. The summed E-state index contributed by atoms with van der Waals surface area (Å²) in [4.78, 5) is 0. The van der Waals surface area contributed by atoms with E-state index in [4.69, 9.17) is 0 Å². The number of hydrogen-bond donors (Lipinski definition) is 0. The van der Waals surface area contributed by atoms with E-state index in [0.717, 1.165) is 123 Å². The summed E-state index contributed by atoms with van der Waals surface area (Å²) < 4.78 is 7.31. The average molecular weight is 1070 g/mol. The fourth-order valence-electron chi connectivity index (χ4n) is 15.5. The largest absolute Gasteiger partial charge is 0.307 e. The maximum atomic E-state index is 12.6. The maximum Gasteiger partial charge on any atom is 0.103 e. The Hall–Kier alpha value is -11.0. The fraction of sp³-hybridized carbons (Fsp3) is 0.0633. The third kappa shape index (κ3) is 6.52. The second-order valence-electron chi connectivity index (χ2n) is 22.7. The van der Waals surface area contributed by atoms with Gasteiger partial charge in [-0.2, -0.15) is 10.5 Å². The van der Waals surface area contributed by atoms with Crippen LogP contribution >= 0.6 is 0 Å². The van der Waals surface area contributed by atoms with E-state index in [-0.39, 0.29) is 5.92 Å². The van der Waals surface area contributed by atoms with Crippen LogP contribution in [0.2, 0.25) is 0 Å². The zero-order valence-electron chi connectivity index (χ0n) is 45.8. The first-order valence-electron chi connectivity index (χ1n) is 29.1. The molecule has 2 aliphatic rings. The normalized spacial score (nSPS) is 14.0. The van der Waals surface area contributed by atoms with E-state index in [1.54, 1.807) is 0 Å². The highest BCUT2D eigenvalue weighted by Crippen LogP contribution is 2.60. The van der Waals surface area contributed by atoms with Crippen LogP contribution in [0.5, 0.6) is 0 Å². The third-order valence-electron chi connectivity index (χ3n) is 18.7. The summed E-state index contributed by atoms with van der Waals surface area (Å²) in [6.07, 6.45) is 2.11. The lowest BCUT2D eigenvalue weighted by atomic mass is 9.67. The van der Waals surface area contributed by atoms with Crippen LogP contribution in [0.25, 0.3) is 105 Å². The van der Waals surface area contributed by atoms with E-state index in [1.807, 2.05) is 0 Å². The van der Waals surface area contributed by atoms with Crippen molar-refractivity contribution >= 4 is 65.4 Å². The lowest BCUT2D eigenvalue weighted by Crippen LogP contribution is -2.29. The van der Waals surface area contributed by atoms with Gasteiger partial charge in [-0.1, -0.05) is 237 Å². The molecule has 3 heterocycles. The van der Waals surface area contributed by atoms with Crippen molar-refractivity contribution in [2.24, 2.45) is 0 Å². The van der Waals surface area contributed by atoms with Gasteiger partial charge in [-0.15, -0.1) is 0 Å². The Morgan fingerprint density at radius 3 is 1.39 bits per heavy atom. The highest BCUT2D eigenvalue weighted by Gasteiger charge is 2.48. The van der Waals surface area contributed by atoms with Gasteiger partial charge in [0.2, 0.25) is 0 Å². The standard InChI is InChI=1S/C79H51N5/c80-48-66-65(44-43-51-47-50-23-7-8-28-54(50)56-30-10-9-29-55(51)56)76(82-69-38-18-12-32-58(69)59-33-13-19-39-70(59)82)78(83-71-40-20-14-34-60(71)61-35-15-21-41-72(61)83)77(67(66)49-81)84-73-42-22-16-36-62(73)64-46-45-63-57-31-11-17-37-68(57)79(74(63)75(64)84,52-24-3-1-4-25-52)53-26-5-2-6-27-53/h1-42,45-46,51H,43-44,47H2/t51-/m0/s1. The molecule has 0 bridgehead atoms. The Labute approximate surface area is 486 Å². The van der Waals surface area contributed by atoms with Crippen molar-refractivity contribution in [2.75, 3.05) is 0 Å². The van der Waals surface area contributed by atoms with Crippen LogP contribution in [0.1, 0.15) is 62.4 Å². The van der Waals surface area contributed by atoms with Gasteiger partial charge in [0.05, 0.1) is 66.7 Å².